The van der Waals surface area contributed by atoms with E-state index in [-0.39, 0.29) is 12.1 Å². The summed E-state index contributed by atoms with van der Waals surface area (Å²) in [5.74, 6) is 6.01. The quantitative estimate of drug-likeness (QED) is 0.744. The molecule has 1 aromatic heterocycles. The van der Waals surface area contributed by atoms with Crippen LogP contribution in [0.3, 0.4) is 0 Å². The number of rotatable bonds is 2. The van der Waals surface area contributed by atoms with Crippen molar-refractivity contribution in [1.29, 1.82) is 0 Å². The van der Waals surface area contributed by atoms with Gasteiger partial charge in [-0.25, -0.2) is 9.78 Å². The number of anilines is 1. The molecule has 122 valence electrons. The molecule has 0 spiro atoms. The summed E-state index contributed by atoms with van der Waals surface area (Å²) >= 11 is 0. The van der Waals surface area contributed by atoms with Crippen LogP contribution in [-0.4, -0.2) is 28.3 Å². The summed E-state index contributed by atoms with van der Waals surface area (Å²) in [4.78, 5) is 16.2. The van der Waals surface area contributed by atoms with Gasteiger partial charge in [-0.3, -0.25) is 0 Å². The van der Waals surface area contributed by atoms with Crippen molar-refractivity contribution in [3.63, 3.8) is 0 Å². The van der Waals surface area contributed by atoms with E-state index in [0.717, 1.165) is 24.8 Å². The largest absolute Gasteiger partial charge is 0.391 e. The van der Waals surface area contributed by atoms with Crippen molar-refractivity contribution >= 4 is 11.7 Å². The number of pyridine rings is 1. The number of nitrogens with one attached hydrogen (secondary N) is 2. The molecule has 1 aliphatic rings. The summed E-state index contributed by atoms with van der Waals surface area (Å²) in [5.41, 5.74) is 2.15. The van der Waals surface area contributed by atoms with Crippen LogP contribution in [-0.2, 0) is 0 Å². The van der Waals surface area contributed by atoms with Gasteiger partial charge in [0.25, 0.3) is 0 Å². The number of hydrogen-bond donors (Lipinski definition) is 3. The van der Waals surface area contributed by atoms with Gasteiger partial charge in [-0.15, -0.1) is 0 Å². The molecule has 0 radical (unpaired) electrons. The zero-order chi connectivity index (χ0) is 16.8. The van der Waals surface area contributed by atoms with E-state index in [1.54, 1.807) is 18.3 Å². The van der Waals surface area contributed by atoms with E-state index in [1.807, 2.05) is 30.3 Å². The number of hydrogen-bond acceptors (Lipinski definition) is 3. The number of aromatic nitrogens is 1. The van der Waals surface area contributed by atoms with Crippen LogP contribution in [0.4, 0.5) is 10.5 Å². The van der Waals surface area contributed by atoms with Gasteiger partial charge in [0.05, 0.1) is 12.1 Å². The second kappa shape index (κ2) is 7.62. The van der Waals surface area contributed by atoms with E-state index >= 15 is 0 Å². The maximum absolute atomic E-state index is 12.0. The lowest BCUT2D eigenvalue weighted by molar-refractivity contribution is 0.151. The molecule has 2 atom stereocenters. The van der Waals surface area contributed by atoms with Crippen molar-refractivity contribution < 1.29 is 9.90 Å². The van der Waals surface area contributed by atoms with Gasteiger partial charge in [-0.2, -0.15) is 0 Å². The molecule has 1 fully saturated rings. The van der Waals surface area contributed by atoms with Crippen molar-refractivity contribution in [1.82, 2.24) is 10.3 Å². The number of carbonyl (C=O) groups is 1. The molecule has 2 amide bonds. The van der Waals surface area contributed by atoms with E-state index < -0.39 is 6.10 Å². The third-order valence-electron chi connectivity index (χ3n) is 3.92. The summed E-state index contributed by atoms with van der Waals surface area (Å²) in [6.07, 6.45) is 3.73. The fraction of sp³-hybridized carbons (Fsp3) is 0.263. The summed E-state index contributed by atoms with van der Waals surface area (Å²) in [7, 11) is 0. The molecule has 1 saturated carbocycles. The van der Waals surface area contributed by atoms with Crippen LogP contribution in [0, 0.1) is 11.8 Å². The Kier molecular flexibility index (Phi) is 5.09. The highest BCUT2D eigenvalue weighted by Gasteiger charge is 2.26. The van der Waals surface area contributed by atoms with Gasteiger partial charge in [0.1, 0.15) is 5.69 Å². The van der Waals surface area contributed by atoms with Crippen LogP contribution < -0.4 is 10.6 Å². The first-order chi connectivity index (χ1) is 11.7. The predicted octanol–water partition coefficient (Wildman–Crippen LogP) is 2.52. The fourth-order valence-corrected chi connectivity index (χ4v) is 2.69. The van der Waals surface area contributed by atoms with Gasteiger partial charge in [0.2, 0.25) is 0 Å². The molecule has 2 aromatic rings. The summed E-state index contributed by atoms with van der Waals surface area (Å²) in [6, 6.07) is 12.4. The molecule has 5 nitrogen and oxygen atoms in total. The third-order valence-corrected chi connectivity index (χ3v) is 3.92. The minimum absolute atomic E-state index is 0.169. The molecule has 3 N–H and O–H groups in total. The smallest absolute Gasteiger partial charge is 0.319 e. The summed E-state index contributed by atoms with van der Waals surface area (Å²) in [5, 5.41) is 15.4. The Bertz CT molecular complexity index is 765. The zero-order valence-corrected chi connectivity index (χ0v) is 13.2. The maximum Gasteiger partial charge on any atom is 0.319 e. The van der Waals surface area contributed by atoms with E-state index in [0.29, 0.717) is 11.4 Å². The van der Waals surface area contributed by atoms with Crippen LogP contribution >= 0.6 is 0 Å². The first-order valence-electron chi connectivity index (χ1n) is 7.99. The van der Waals surface area contributed by atoms with Crippen molar-refractivity contribution in [2.75, 3.05) is 5.32 Å². The number of carbonyl (C=O) groups excluding carboxylic acids is 1. The third kappa shape index (κ3) is 4.34. The molecule has 3 rings (SSSR count). The van der Waals surface area contributed by atoms with Crippen molar-refractivity contribution in [2.24, 2.45) is 0 Å². The lowest BCUT2D eigenvalue weighted by Gasteiger charge is -2.16. The summed E-state index contributed by atoms with van der Waals surface area (Å²) < 4.78 is 0. The second-order valence-corrected chi connectivity index (χ2v) is 5.75. The SMILES string of the molecule is O=C(Nc1cccc(C#Cc2ccccn2)c1)N[C@H]1CCC[C@H]1O. The second-order valence-electron chi connectivity index (χ2n) is 5.75. The fourth-order valence-electron chi connectivity index (χ4n) is 2.69. The molecule has 0 unspecified atom stereocenters. The van der Waals surface area contributed by atoms with Crippen LogP contribution in [0.25, 0.3) is 0 Å². The average Bonchev–Trinajstić information content (AvgIpc) is 2.99. The molecule has 0 saturated heterocycles. The average molecular weight is 321 g/mol. The topological polar surface area (TPSA) is 74.2 Å². The van der Waals surface area contributed by atoms with Crippen molar-refractivity contribution in [2.45, 2.75) is 31.4 Å². The number of benzene rings is 1. The summed E-state index contributed by atoms with van der Waals surface area (Å²) in [6.45, 7) is 0. The Morgan fingerprint density at radius 2 is 2.08 bits per heavy atom. The molecular formula is C19H19N3O2. The monoisotopic (exact) mass is 321 g/mol. The lowest BCUT2D eigenvalue weighted by Crippen LogP contribution is -2.42. The van der Waals surface area contributed by atoms with E-state index in [1.165, 1.54) is 0 Å². The van der Waals surface area contributed by atoms with E-state index in [4.69, 9.17) is 0 Å². The molecule has 0 aliphatic heterocycles. The van der Waals surface area contributed by atoms with Crippen molar-refractivity contribution in [3.05, 3.63) is 59.9 Å². The molecule has 1 aliphatic carbocycles. The maximum atomic E-state index is 12.0. The number of amides is 2. The lowest BCUT2D eigenvalue weighted by atomic mass is 10.2. The van der Waals surface area contributed by atoms with Crippen molar-refractivity contribution in [3.8, 4) is 11.8 Å². The first-order valence-corrected chi connectivity index (χ1v) is 7.99. The first kappa shape index (κ1) is 16.0. The highest BCUT2D eigenvalue weighted by atomic mass is 16.3. The number of nitrogens with zero attached hydrogens (tertiary/aromatic N) is 1. The molecule has 1 aromatic carbocycles. The minimum atomic E-state index is -0.452. The van der Waals surface area contributed by atoms with Gasteiger partial charge in [0.15, 0.2) is 0 Å². The van der Waals surface area contributed by atoms with Gasteiger partial charge >= 0.3 is 6.03 Å². The van der Waals surface area contributed by atoms with Gasteiger partial charge in [0, 0.05) is 17.4 Å². The Morgan fingerprint density at radius 3 is 2.83 bits per heavy atom. The van der Waals surface area contributed by atoms with Gasteiger partial charge < -0.3 is 15.7 Å². The number of aliphatic hydroxyl groups is 1. The van der Waals surface area contributed by atoms with Crippen LogP contribution in [0.15, 0.2) is 48.7 Å². The molecule has 5 heteroatoms. The molecule has 1 heterocycles. The van der Waals surface area contributed by atoms with Crippen LogP contribution in [0.5, 0.6) is 0 Å². The highest BCUT2D eigenvalue weighted by Crippen LogP contribution is 2.19. The Balaban J connectivity index is 1.63. The minimum Gasteiger partial charge on any atom is -0.391 e. The molecular weight excluding hydrogens is 302 g/mol. The predicted molar refractivity (Wildman–Crippen MR) is 92.5 cm³/mol. The molecule has 0 bridgehead atoms. The van der Waals surface area contributed by atoms with E-state index in [9.17, 15) is 9.90 Å². The highest BCUT2D eigenvalue weighted by molar-refractivity contribution is 5.89. The number of urea groups is 1. The van der Waals surface area contributed by atoms with Gasteiger partial charge in [-0.05, 0) is 55.5 Å². The number of aliphatic hydroxyl groups excluding tert-OH is 1. The van der Waals surface area contributed by atoms with E-state index in [2.05, 4.69) is 27.5 Å². The Hall–Kier alpha value is -2.84. The van der Waals surface area contributed by atoms with Crippen LogP contribution in [0.1, 0.15) is 30.5 Å². The molecule has 24 heavy (non-hydrogen) atoms. The zero-order valence-electron chi connectivity index (χ0n) is 13.2. The Labute approximate surface area is 141 Å². The van der Waals surface area contributed by atoms with Gasteiger partial charge in [-0.1, -0.05) is 18.1 Å². The standard InChI is InChI=1S/C19H19N3O2/c23-18-9-4-8-17(18)22-19(24)21-16-7-3-5-14(13-16)10-11-15-6-1-2-12-20-15/h1-3,5-7,12-13,17-18,23H,4,8-9H2,(H2,21,22,24)/t17-,18+/m0/s1. The normalized spacial score (nSPS) is 19.2. The Morgan fingerprint density at radius 1 is 1.17 bits per heavy atom. The van der Waals surface area contributed by atoms with Crippen LogP contribution in [0.2, 0.25) is 0 Å².